The number of hydrogen-bond acceptors (Lipinski definition) is 11. The van der Waals surface area contributed by atoms with Crippen LogP contribution >= 0.6 is 0 Å². The van der Waals surface area contributed by atoms with Gasteiger partial charge in [0.2, 0.25) is 11.7 Å². The maximum absolute atomic E-state index is 14.8. The van der Waals surface area contributed by atoms with Crippen molar-refractivity contribution >= 4 is 17.9 Å². The highest BCUT2D eigenvalue weighted by Crippen LogP contribution is 2.62. The number of rotatable bonds is 32. The first-order valence-electron chi connectivity index (χ1n) is 24.3. The molecule has 3 N–H and O–H groups in total. The van der Waals surface area contributed by atoms with Crippen LogP contribution in [0.4, 0.5) is 0 Å². The summed E-state index contributed by atoms with van der Waals surface area (Å²) in [6.07, 6.45) is 20.3. The molecule has 5 rings (SSSR count). The van der Waals surface area contributed by atoms with Crippen molar-refractivity contribution in [1.29, 1.82) is 0 Å². The molecule has 1 aliphatic heterocycles. The van der Waals surface area contributed by atoms with E-state index in [0.29, 0.717) is 55.1 Å². The van der Waals surface area contributed by atoms with Gasteiger partial charge in [-0.2, -0.15) is 0 Å². The lowest BCUT2D eigenvalue weighted by Gasteiger charge is -2.60. The second kappa shape index (κ2) is 27.4. The zero-order chi connectivity index (χ0) is 45.6. The Morgan fingerprint density at radius 1 is 0.891 bits per heavy atom. The molecule has 1 amide bonds. The highest BCUT2D eigenvalue weighted by atomic mass is 16.7. The first kappa shape index (κ1) is 50.9. The van der Waals surface area contributed by atoms with Gasteiger partial charge < -0.3 is 44.0 Å². The Kier molecular flexibility index (Phi) is 21.8. The lowest BCUT2D eigenvalue weighted by atomic mass is 9.55. The van der Waals surface area contributed by atoms with Gasteiger partial charge >= 0.3 is 0 Å². The van der Waals surface area contributed by atoms with Gasteiger partial charge in [0.15, 0.2) is 0 Å². The average molecular weight is 889 g/mol. The van der Waals surface area contributed by atoms with Crippen LogP contribution in [0.2, 0.25) is 0 Å². The van der Waals surface area contributed by atoms with Crippen molar-refractivity contribution in [3.05, 3.63) is 77.9 Å². The number of amides is 1. The molecular weight excluding hydrogens is 813 g/mol. The Balaban J connectivity index is 1.65. The zero-order valence-corrected chi connectivity index (χ0v) is 38.6. The van der Waals surface area contributed by atoms with Crippen LogP contribution in [0.25, 0.3) is 0 Å². The summed E-state index contributed by atoms with van der Waals surface area (Å²) in [5.74, 6) is -0.210. The Hall–Kier alpha value is -4.07. The molecule has 3 aliphatic rings. The first-order chi connectivity index (χ1) is 31.4. The minimum absolute atomic E-state index is 0.0188. The van der Waals surface area contributed by atoms with E-state index in [1.54, 1.807) is 24.3 Å². The summed E-state index contributed by atoms with van der Waals surface area (Å²) < 4.78 is 26.8. The van der Waals surface area contributed by atoms with Crippen LogP contribution in [-0.4, -0.2) is 103 Å². The minimum Gasteiger partial charge on any atom is -0.459 e. The van der Waals surface area contributed by atoms with Crippen LogP contribution in [0.5, 0.6) is 17.2 Å². The number of aliphatic hydroxyl groups excluding tert-OH is 3. The second-order valence-corrected chi connectivity index (χ2v) is 17.5. The molecule has 1 heterocycles. The number of carbonyl (C=O) groups is 2. The fourth-order valence-corrected chi connectivity index (χ4v) is 10.2. The van der Waals surface area contributed by atoms with Gasteiger partial charge in [0.25, 0.3) is 0 Å². The van der Waals surface area contributed by atoms with Gasteiger partial charge in [0.1, 0.15) is 36.2 Å². The summed E-state index contributed by atoms with van der Waals surface area (Å²) in [5.41, 5.74) is 3.15. The minimum atomic E-state index is -1.39. The third-order valence-electron chi connectivity index (χ3n) is 13.1. The summed E-state index contributed by atoms with van der Waals surface area (Å²) in [4.78, 5) is 34.3. The van der Waals surface area contributed by atoms with Gasteiger partial charge in [-0.25, -0.2) is 0 Å². The smallest absolute Gasteiger partial charge is 0.239 e. The molecule has 2 aromatic carbocycles. The van der Waals surface area contributed by atoms with E-state index in [1.165, 1.54) is 38.5 Å². The lowest BCUT2D eigenvalue weighted by Crippen LogP contribution is -2.70. The molecular formula is C52H76N2O10. The number of unbranched alkanes of at least 4 members (excludes halogenated alkanes) is 10. The van der Waals surface area contributed by atoms with Gasteiger partial charge in [0.05, 0.1) is 38.1 Å². The monoisotopic (exact) mass is 889 g/mol. The quantitative estimate of drug-likeness (QED) is 0.0280. The van der Waals surface area contributed by atoms with Gasteiger partial charge in [0, 0.05) is 49.6 Å². The van der Waals surface area contributed by atoms with Crippen molar-refractivity contribution in [2.45, 2.75) is 141 Å². The summed E-state index contributed by atoms with van der Waals surface area (Å²) in [5, 5.41) is 34.3. The van der Waals surface area contributed by atoms with Gasteiger partial charge in [-0.3, -0.25) is 9.59 Å². The van der Waals surface area contributed by atoms with E-state index in [1.807, 2.05) is 36.1 Å². The SMILES string of the molecule is C=CCO[C@@]12Oc3ccc(Oc4cccc(C=O)c4)cc3[C@H]3[C@H](CCCCO)[C@@H](CCCCO)C=C(C(=NOCC)C[C@@H]1N(CCOCCO)C(=O)CCCCCCCCCCC)[C@H]32. The molecule has 64 heavy (non-hydrogen) atoms. The van der Waals surface area contributed by atoms with Crippen molar-refractivity contribution < 1.29 is 48.7 Å². The van der Waals surface area contributed by atoms with Crippen molar-refractivity contribution in [2.24, 2.45) is 22.9 Å². The van der Waals surface area contributed by atoms with Gasteiger partial charge in [-0.05, 0) is 86.8 Å². The predicted octanol–water partition coefficient (Wildman–Crippen LogP) is 9.70. The molecule has 12 nitrogen and oxygen atoms in total. The van der Waals surface area contributed by atoms with Crippen LogP contribution < -0.4 is 9.47 Å². The van der Waals surface area contributed by atoms with E-state index in [-0.39, 0.29) is 69.8 Å². The topological polar surface area (TPSA) is 157 Å². The normalized spacial score (nSPS) is 22.8. The number of allylic oxidation sites excluding steroid dienone is 1. The largest absolute Gasteiger partial charge is 0.459 e. The van der Waals surface area contributed by atoms with E-state index in [9.17, 15) is 24.9 Å². The summed E-state index contributed by atoms with van der Waals surface area (Å²) in [7, 11) is 0. The molecule has 12 heteroatoms. The summed E-state index contributed by atoms with van der Waals surface area (Å²) in [6, 6.07) is 12.2. The Bertz CT molecular complexity index is 1800. The fourth-order valence-electron chi connectivity index (χ4n) is 10.2. The number of benzene rings is 2. The van der Waals surface area contributed by atoms with Crippen molar-refractivity contribution in [3.63, 3.8) is 0 Å². The summed E-state index contributed by atoms with van der Waals surface area (Å²) >= 11 is 0. The number of hydrogen-bond donors (Lipinski definition) is 3. The zero-order valence-electron chi connectivity index (χ0n) is 38.6. The van der Waals surface area contributed by atoms with Crippen molar-refractivity contribution in [1.82, 2.24) is 4.90 Å². The number of oxime groups is 1. The maximum Gasteiger partial charge on any atom is 0.239 e. The molecule has 0 spiro atoms. The molecule has 2 aliphatic carbocycles. The molecule has 1 fully saturated rings. The van der Waals surface area contributed by atoms with E-state index < -0.39 is 17.7 Å². The average Bonchev–Trinajstić information content (AvgIpc) is 3.31. The number of aliphatic hydroxyl groups is 3. The number of fused-ring (bicyclic) bond motifs is 2. The standard InChI is InChI=1S/C52H76N2O10/c1-4-7-8-9-10-11-12-13-14-24-49(59)54(27-32-60-33-30-57)48-37-46(53-62-6-3)44-35-40(21-15-17-28-55)43(23-16-18-29-56)50-45-36-42(63-41-22-19-20-39(34-41)38-58)25-26-47(45)64-52(48,51(44)50)61-31-5-2/h5,19-20,22,25-26,34-36,38,40,43,48,50-51,55-57H,2,4,6-18,21,23-24,27-33,37H2,1,3H3/t40-,43+,48-,50+,51+,52+/m0/s1. The Morgan fingerprint density at radius 2 is 1.62 bits per heavy atom. The Morgan fingerprint density at radius 3 is 2.33 bits per heavy atom. The molecule has 0 saturated heterocycles. The number of aldehydes is 1. The van der Waals surface area contributed by atoms with Crippen LogP contribution in [-0.2, 0) is 19.1 Å². The van der Waals surface area contributed by atoms with Gasteiger partial charge in [-0.1, -0.05) is 101 Å². The highest BCUT2D eigenvalue weighted by molar-refractivity contribution is 6.03. The van der Waals surface area contributed by atoms with Crippen molar-refractivity contribution in [2.75, 3.05) is 52.8 Å². The molecule has 0 aromatic heterocycles. The highest BCUT2D eigenvalue weighted by Gasteiger charge is 2.65. The maximum atomic E-state index is 14.8. The molecule has 0 unspecified atom stereocenters. The van der Waals surface area contributed by atoms with E-state index in [0.717, 1.165) is 68.1 Å². The molecule has 6 atom stereocenters. The molecule has 2 aromatic rings. The number of carbonyl (C=O) groups excluding carboxylic acids is 2. The molecule has 1 saturated carbocycles. The van der Waals surface area contributed by atoms with Crippen LogP contribution in [0.15, 0.2) is 71.9 Å². The van der Waals surface area contributed by atoms with Crippen molar-refractivity contribution in [3.8, 4) is 17.2 Å². The number of nitrogens with zero attached hydrogens (tertiary/aromatic N) is 2. The lowest BCUT2D eigenvalue weighted by molar-refractivity contribution is -0.258. The second-order valence-electron chi connectivity index (χ2n) is 17.5. The molecule has 0 radical (unpaired) electrons. The number of ether oxygens (including phenoxy) is 4. The van der Waals surface area contributed by atoms with Crippen LogP contribution in [0.3, 0.4) is 0 Å². The third kappa shape index (κ3) is 13.5. The fraction of sp³-hybridized carbons (Fsp3) is 0.635. The first-order valence-corrected chi connectivity index (χ1v) is 24.3. The summed E-state index contributed by atoms with van der Waals surface area (Å²) in [6.45, 7) is 9.39. The predicted molar refractivity (Wildman–Crippen MR) is 250 cm³/mol. The van der Waals surface area contributed by atoms with E-state index in [2.05, 4.69) is 19.6 Å². The van der Waals surface area contributed by atoms with Gasteiger partial charge in [-0.15, -0.1) is 6.58 Å². The third-order valence-corrected chi connectivity index (χ3v) is 13.1. The van der Waals surface area contributed by atoms with Crippen LogP contribution in [0, 0.1) is 17.8 Å². The van der Waals surface area contributed by atoms with E-state index in [4.69, 9.17) is 28.9 Å². The van der Waals surface area contributed by atoms with Crippen LogP contribution in [0.1, 0.15) is 145 Å². The molecule has 354 valence electrons. The Labute approximate surface area is 382 Å². The van der Waals surface area contributed by atoms with E-state index >= 15 is 0 Å². The molecule has 0 bridgehead atoms.